The molecule has 3 heterocycles. The molecule has 2 aromatic rings. The number of benzene rings is 1. The Morgan fingerprint density at radius 1 is 1.39 bits per heavy atom. The Morgan fingerprint density at radius 3 is 3.07 bits per heavy atom. The Kier molecular flexibility index (Phi) is 5.42. The monoisotopic (exact) mass is 379 g/mol. The molecule has 0 bridgehead atoms. The standard InChI is InChI=1S/C21H25N5O2/c1-14-12-26(13-19(28-14)21(27)25-16-4-2-8-23-11-16)18-7-6-15(10-22)20-17(18)5-3-9-24-20/h3,5-7,9,14,16,19,23H,2,4,8,11-13H2,1H3,(H,25,27)/t14-,16-,19-/m1/s1. The van der Waals surface area contributed by atoms with Crippen LogP contribution in [0, 0.1) is 11.3 Å². The highest BCUT2D eigenvalue weighted by Gasteiger charge is 2.32. The third kappa shape index (κ3) is 3.79. The molecule has 0 aliphatic carbocycles. The van der Waals surface area contributed by atoms with Gasteiger partial charge in [-0.2, -0.15) is 5.26 Å². The fraction of sp³-hybridized carbons (Fsp3) is 0.476. The van der Waals surface area contributed by atoms with Gasteiger partial charge in [0.2, 0.25) is 0 Å². The van der Waals surface area contributed by atoms with E-state index in [9.17, 15) is 10.1 Å². The lowest BCUT2D eigenvalue weighted by Gasteiger charge is -2.38. The number of nitrogens with zero attached hydrogens (tertiary/aromatic N) is 3. The zero-order valence-electron chi connectivity index (χ0n) is 16.0. The van der Waals surface area contributed by atoms with E-state index < -0.39 is 6.10 Å². The van der Waals surface area contributed by atoms with Crippen molar-refractivity contribution in [2.75, 3.05) is 31.1 Å². The summed E-state index contributed by atoms with van der Waals surface area (Å²) in [6, 6.07) is 9.96. The van der Waals surface area contributed by atoms with Crippen LogP contribution in [-0.2, 0) is 9.53 Å². The number of rotatable bonds is 3. The molecule has 2 saturated heterocycles. The van der Waals surface area contributed by atoms with Crippen molar-refractivity contribution in [2.24, 2.45) is 0 Å². The van der Waals surface area contributed by atoms with Gasteiger partial charge in [-0.1, -0.05) is 0 Å². The van der Waals surface area contributed by atoms with E-state index in [-0.39, 0.29) is 18.1 Å². The number of anilines is 1. The van der Waals surface area contributed by atoms with E-state index in [0.717, 1.165) is 37.0 Å². The second-order valence-corrected chi connectivity index (χ2v) is 7.54. The molecule has 0 unspecified atom stereocenters. The number of morpholine rings is 1. The minimum Gasteiger partial charge on any atom is -0.365 e. The van der Waals surface area contributed by atoms with Crippen LogP contribution in [0.1, 0.15) is 25.3 Å². The maximum atomic E-state index is 12.8. The van der Waals surface area contributed by atoms with E-state index in [2.05, 4.69) is 26.6 Å². The van der Waals surface area contributed by atoms with Crippen LogP contribution < -0.4 is 15.5 Å². The minimum atomic E-state index is -0.520. The number of aromatic nitrogens is 1. The molecule has 0 saturated carbocycles. The molecule has 7 nitrogen and oxygen atoms in total. The SMILES string of the molecule is C[C@@H]1CN(c2ccc(C#N)c3ncccc23)C[C@H](C(=O)N[C@@H]2CCCNC2)O1. The fourth-order valence-electron chi connectivity index (χ4n) is 4.09. The normalized spacial score (nSPS) is 25.3. The quantitative estimate of drug-likeness (QED) is 0.841. The molecule has 0 radical (unpaired) electrons. The minimum absolute atomic E-state index is 0.0543. The highest BCUT2D eigenvalue weighted by atomic mass is 16.5. The Balaban J connectivity index is 1.56. The van der Waals surface area contributed by atoms with Crippen LogP contribution in [0.4, 0.5) is 5.69 Å². The molecule has 1 amide bonds. The first-order valence-corrected chi connectivity index (χ1v) is 9.85. The summed E-state index contributed by atoms with van der Waals surface area (Å²) < 4.78 is 5.96. The van der Waals surface area contributed by atoms with Crippen molar-refractivity contribution in [3.63, 3.8) is 0 Å². The molecule has 2 aliphatic rings. The van der Waals surface area contributed by atoms with Crippen LogP contribution in [0.3, 0.4) is 0 Å². The summed E-state index contributed by atoms with van der Waals surface area (Å²) in [5, 5.41) is 16.7. The summed E-state index contributed by atoms with van der Waals surface area (Å²) in [6.07, 6.45) is 3.17. The molecule has 4 rings (SSSR count). The zero-order chi connectivity index (χ0) is 19.5. The Bertz CT molecular complexity index is 903. The van der Waals surface area contributed by atoms with Gasteiger partial charge in [0.15, 0.2) is 6.10 Å². The summed E-state index contributed by atoms with van der Waals surface area (Å²) in [5.41, 5.74) is 2.23. The number of piperidine rings is 1. The van der Waals surface area contributed by atoms with Crippen molar-refractivity contribution in [3.8, 4) is 6.07 Å². The van der Waals surface area contributed by atoms with Crippen LogP contribution in [0.15, 0.2) is 30.5 Å². The van der Waals surface area contributed by atoms with Gasteiger partial charge in [-0.15, -0.1) is 0 Å². The van der Waals surface area contributed by atoms with Gasteiger partial charge >= 0.3 is 0 Å². The fourth-order valence-corrected chi connectivity index (χ4v) is 4.09. The molecule has 1 aromatic heterocycles. The molecule has 0 spiro atoms. The predicted octanol–water partition coefficient (Wildman–Crippen LogP) is 1.57. The van der Waals surface area contributed by atoms with Gasteiger partial charge in [0.1, 0.15) is 6.07 Å². The second-order valence-electron chi connectivity index (χ2n) is 7.54. The number of fused-ring (bicyclic) bond motifs is 1. The van der Waals surface area contributed by atoms with Crippen molar-refractivity contribution in [1.82, 2.24) is 15.6 Å². The van der Waals surface area contributed by atoms with Gasteiger partial charge in [0, 0.05) is 36.4 Å². The molecule has 7 heteroatoms. The Morgan fingerprint density at radius 2 is 2.29 bits per heavy atom. The van der Waals surface area contributed by atoms with Gasteiger partial charge < -0.3 is 20.3 Å². The number of carbonyl (C=O) groups is 1. The van der Waals surface area contributed by atoms with Crippen molar-refractivity contribution < 1.29 is 9.53 Å². The molecule has 2 N–H and O–H groups in total. The van der Waals surface area contributed by atoms with Crippen molar-refractivity contribution in [2.45, 2.75) is 38.0 Å². The first-order valence-electron chi connectivity index (χ1n) is 9.85. The number of pyridine rings is 1. The molecule has 3 atom stereocenters. The van der Waals surface area contributed by atoms with Crippen LogP contribution in [0.5, 0.6) is 0 Å². The van der Waals surface area contributed by atoms with Crippen molar-refractivity contribution >= 4 is 22.5 Å². The van der Waals surface area contributed by atoms with Crippen molar-refractivity contribution in [3.05, 3.63) is 36.0 Å². The second kappa shape index (κ2) is 8.13. The number of hydrogen-bond acceptors (Lipinski definition) is 6. The number of carbonyl (C=O) groups excluding carboxylic acids is 1. The summed E-state index contributed by atoms with van der Waals surface area (Å²) >= 11 is 0. The van der Waals surface area contributed by atoms with E-state index in [0.29, 0.717) is 24.2 Å². The van der Waals surface area contributed by atoms with Gasteiger partial charge in [0.25, 0.3) is 5.91 Å². The Hall–Kier alpha value is -2.69. The molecule has 2 fully saturated rings. The summed E-state index contributed by atoms with van der Waals surface area (Å²) in [4.78, 5) is 19.4. The maximum Gasteiger partial charge on any atom is 0.251 e. The maximum absolute atomic E-state index is 12.8. The lowest BCUT2D eigenvalue weighted by atomic mass is 10.1. The smallest absolute Gasteiger partial charge is 0.251 e. The Labute approximate surface area is 164 Å². The topological polar surface area (TPSA) is 90.3 Å². The first-order chi connectivity index (χ1) is 13.7. The molecule has 28 heavy (non-hydrogen) atoms. The molecular formula is C21H25N5O2. The van der Waals surface area contributed by atoms with E-state index in [1.54, 1.807) is 12.3 Å². The van der Waals surface area contributed by atoms with E-state index in [1.165, 1.54) is 0 Å². The van der Waals surface area contributed by atoms with E-state index in [1.807, 2.05) is 25.1 Å². The summed E-state index contributed by atoms with van der Waals surface area (Å²) in [5.74, 6) is -0.0543. The lowest BCUT2D eigenvalue weighted by Crippen LogP contribution is -2.56. The predicted molar refractivity (Wildman–Crippen MR) is 107 cm³/mol. The van der Waals surface area contributed by atoms with Crippen LogP contribution in [0.2, 0.25) is 0 Å². The highest BCUT2D eigenvalue weighted by molar-refractivity contribution is 5.95. The van der Waals surface area contributed by atoms with Crippen LogP contribution in [-0.4, -0.2) is 55.3 Å². The largest absolute Gasteiger partial charge is 0.365 e. The number of ether oxygens (including phenoxy) is 1. The third-order valence-electron chi connectivity index (χ3n) is 5.40. The lowest BCUT2D eigenvalue weighted by molar-refractivity contribution is -0.138. The molecular weight excluding hydrogens is 354 g/mol. The summed E-state index contributed by atoms with van der Waals surface area (Å²) in [6.45, 7) is 4.97. The highest BCUT2D eigenvalue weighted by Crippen LogP contribution is 2.30. The van der Waals surface area contributed by atoms with Gasteiger partial charge in [-0.05, 0) is 50.6 Å². The van der Waals surface area contributed by atoms with Gasteiger partial charge in [-0.25, -0.2) is 0 Å². The third-order valence-corrected chi connectivity index (χ3v) is 5.40. The average molecular weight is 379 g/mol. The number of nitriles is 1. The number of nitrogens with one attached hydrogen (secondary N) is 2. The number of amides is 1. The van der Waals surface area contributed by atoms with Crippen LogP contribution in [0.25, 0.3) is 10.9 Å². The average Bonchev–Trinajstić information content (AvgIpc) is 2.73. The molecule has 2 aliphatic heterocycles. The van der Waals surface area contributed by atoms with Gasteiger partial charge in [0.05, 0.1) is 23.7 Å². The first kappa shape index (κ1) is 18.7. The molecule has 1 aromatic carbocycles. The zero-order valence-corrected chi connectivity index (χ0v) is 16.0. The van der Waals surface area contributed by atoms with Gasteiger partial charge in [-0.3, -0.25) is 9.78 Å². The van der Waals surface area contributed by atoms with Crippen molar-refractivity contribution in [1.29, 1.82) is 5.26 Å². The molecule has 146 valence electrons. The van der Waals surface area contributed by atoms with Crippen LogP contribution >= 0.6 is 0 Å². The van der Waals surface area contributed by atoms with E-state index in [4.69, 9.17) is 4.74 Å². The summed E-state index contributed by atoms with van der Waals surface area (Å²) in [7, 11) is 0. The number of hydrogen-bond donors (Lipinski definition) is 2. The van der Waals surface area contributed by atoms with E-state index >= 15 is 0 Å².